The van der Waals surface area contributed by atoms with Crippen molar-refractivity contribution >= 4 is 11.7 Å². The van der Waals surface area contributed by atoms with Gasteiger partial charge in [0.2, 0.25) is 5.91 Å². The van der Waals surface area contributed by atoms with Gasteiger partial charge in [-0.1, -0.05) is 6.92 Å². The summed E-state index contributed by atoms with van der Waals surface area (Å²) in [5.41, 5.74) is 0. The molecule has 1 aliphatic heterocycles. The fraction of sp³-hybridized carbons (Fsp3) is 0.833. The lowest BCUT2D eigenvalue weighted by Gasteiger charge is -2.24. The molecule has 84 valence electrons. The first-order valence-electron chi connectivity index (χ1n) is 5.89. The standard InChI is InChI=1S/C12H19NO2/c1-8-6-11(8)12(15)13-5-3-4-10(13)7-9(2)14/h8,10-11H,3-7H2,1-2H3. The minimum atomic E-state index is 0.197. The molecule has 1 saturated heterocycles. The van der Waals surface area contributed by atoms with Gasteiger partial charge in [0.15, 0.2) is 0 Å². The van der Waals surface area contributed by atoms with Crippen molar-refractivity contribution in [1.29, 1.82) is 0 Å². The van der Waals surface area contributed by atoms with Crippen molar-refractivity contribution in [2.75, 3.05) is 6.54 Å². The van der Waals surface area contributed by atoms with E-state index in [4.69, 9.17) is 0 Å². The Labute approximate surface area is 90.8 Å². The number of hydrogen-bond acceptors (Lipinski definition) is 2. The van der Waals surface area contributed by atoms with E-state index in [-0.39, 0.29) is 17.7 Å². The average Bonchev–Trinajstić information content (AvgIpc) is 2.71. The second kappa shape index (κ2) is 3.95. The van der Waals surface area contributed by atoms with Crippen molar-refractivity contribution in [2.45, 2.75) is 45.6 Å². The van der Waals surface area contributed by atoms with Gasteiger partial charge in [0.05, 0.1) is 0 Å². The van der Waals surface area contributed by atoms with Gasteiger partial charge in [-0.25, -0.2) is 0 Å². The second-order valence-corrected chi connectivity index (χ2v) is 5.05. The summed E-state index contributed by atoms with van der Waals surface area (Å²) < 4.78 is 0. The van der Waals surface area contributed by atoms with Gasteiger partial charge in [0.25, 0.3) is 0 Å². The largest absolute Gasteiger partial charge is 0.339 e. The van der Waals surface area contributed by atoms with E-state index in [0.717, 1.165) is 25.8 Å². The highest BCUT2D eigenvalue weighted by molar-refractivity contribution is 5.83. The number of carbonyl (C=O) groups excluding carboxylic acids is 2. The maximum atomic E-state index is 12.0. The summed E-state index contributed by atoms with van der Waals surface area (Å²) in [6.07, 6.45) is 3.66. The molecule has 0 bridgehead atoms. The third-order valence-corrected chi connectivity index (χ3v) is 3.61. The predicted octanol–water partition coefficient (Wildman–Crippen LogP) is 1.61. The van der Waals surface area contributed by atoms with Crippen LogP contribution in [0.2, 0.25) is 0 Å². The summed E-state index contributed by atoms with van der Waals surface area (Å²) in [6.45, 7) is 4.60. The van der Waals surface area contributed by atoms with Crippen LogP contribution in [0.3, 0.4) is 0 Å². The van der Waals surface area contributed by atoms with Crippen LogP contribution >= 0.6 is 0 Å². The van der Waals surface area contributed by atoms with E-state index < -0.39 is 0 Å². The maximum absolute atomic E-state index is 12.0. The van der Waals surface area contributed by atoms with E-state index in [1.165, 1.54) is 0 Å². The summed E-state index contributed by atoms with van der Waals surface area (Å²) in [4.78, 5) is 25.1. The Morgan fingerprint density at radius 3 is 2.60 bits per heavy atom. The van der Waals surface area contributed by atoms with Gasteiger partial charge in [-0.3, -0.25) is 9.59 Å². The zero-order valence-electron chi connectivity index (χ0n) is 9.53. The molecular formula is C12H19NO2. The number of rotatable bonds is 3. The third kappa shape index (κ3) is 2.21. The maximum Gasteiger partial charge on any atom is 0.226 e. The molecule has 0 aromatic heterocycles. The Morgan fingerprint density at radius 2 is 2.07 bits per heavy atom. The van der Waals surface area contributed by atoms with E-state index >= 15 is 0 Å². The molecule has 1 amide bonds. The van der Waals surface area contributed by atoms with Crippen LogP contribution in [0, 0.1) is 11.8 Å². The SMILES string of the molecule is CC(=O)CC1CCCN1C(=O)C1CC1C. The van der Waals surface area contributed by atoms with Crippen molar-refractivity contribution in [3.05, 3.63) is 0 Å². The number of carbonyl (C=O) groups is 2. The fourth-order valence-electron chi connectivity index (χ4n) is 2.55. The molecule has 3 atom stereocenters. The predicted molar refractivity (Wildman–Crippen MR) is 57.3 cm³/mol. The highest BCUT2D eigenvalue weighted by Crippen LogP contribution is 2.40. The lowest BCUT2D eigenvalue weighted by molar-refractivity contribution is -0.134. The van der Waals surface area contributed by atoms with Crippen LogP contribution in [0.5, 0.6) is 0 Å². The van der Waals surface area contributed by atoms with Crippen molar-refractivity contribution in [3.8, 4) is 0 Å². The molecule has 0 aromatic rings. The average molecular weight is 209 g/mol. The van der Waals surface area contributed by atoms with Crippen LogP contribution in [-0.4, -0.2) is 29.2 Å². The van der Waals surface area contributed by atoms with E-state index in [9.17, 15) is 9.59 Å². The monoisotopic (exact) mass is 209 g/mol. The van der Waals surface area contributed by atoms with Gasteiger partial charge in [-0.05, 0) is 32.1 Å². The molecule has 3 nitrogen and oxygen atoms in total. The first kappa shape index (κ1) is 10.7. The molecule has 2 fully saturated rings. The molecule has 15 heavy (non-hydrogen) atoms. The highest BCUT2D eigenvalue weighted by atomic mass is 16.2. The zero-order valence-corrected chi connectivity index (χ0v) is 9.53. The Bertz CT molecular complexity index is 287. The topological polar surface area (TPSA) is 37.4 Å². The third-order valence-electron chi connectivity index (χ3n) is 3.61. The van der Waals surface area contributed by atoms with Crippen LogP contribution in [0.4, 0.5) is 0 Å². The van der Waals surface area contributed by atoms with Gasteiger partial charge >= 0.3 is 0 Å². The molecule has 0 spiro atoms. The van der Waals surface area contributed by atoms with Crippen LogP contribution < -0.4 is 0 Å². The Balaban J connectivity index is 1.95. The molecule has 3 heteroatoms. The lowest BCUT2D eigenvalue weighted by atomic mass is 10.1. The number of Topliss-reactive ketones (excluding diaryl/α,β-unsaturated/α-hetero) is 1. The van der Waals surface area contributed by atoms with Gasteiger partial charge in [0.1, 0.15) is 5.78 Å². The van der Waals surface area contributed by atoms with Gasteiger partial charge < -0.3 is 4.90 Å². The molecule has 2 rings (SSSR count). The summed E-state index contributed by atoms with van der Waals surface area (Å²) in [5, 5.41) is 0. The molecule has 1 aliphatic carbocycles. The molecule has 3 unspecified atom stereocenters. The molecule has 0 aromatic carbocycles. The summed E-state index contributed by atoms with van der Waals surface area (Å²) in [6, 6.07) is 0.197. The first-order valence-corrected chi connectivity index (χ1v) is 5.89. The number of ketones is 1. The van der Waals surface area contributed by atoms with Gasteiger partial charge in [0, 0.05) is 24.9 Å². The van der Waals surface area contributed by atoms with Crippen molar-refractivity contribution in [2.24, 2.45) is 11.8 Å². The molecule has 1 saturated carbocycles. The molecule has 2 aliphatic rings. The molecule has 1 heterocycles. The van der Waals surface area contributed by atoms with Crippen molar-refractivity contribution in [1.82, 2.24) is 4.90 Å². The lowest BCUT2D eigenvalue weighted by Crippen LogP contribution is -2.37. The molecule has 0 radical (unpaired) electrons. The quantitative estimate of drug-likeness (QED) is 0.708. The minimum absolute atomic E-state index is 0.197. The molecular weight excluding hydrogens is 190 g/mol. The first-order chi connectivity index (χ1) is 7.09. The van der Waals surface area contributed by atoms with Crippen LogP contribution in [0.15, 0.2) is 0 Å². The summed E-state index contributed by atoms with van der Waals surface area (Å²) in [5.74, 6) is 1.32. The molecule has 0 N–H and O–H groups in total. The van der Waals surface area contributed by atoms with E-state index in [2.05, 4.69) is 6.92 Å². The van der Waals surface area contributed by atoms with Crippen LogP contribution in [-0.2, 0) is 9.59 Å². The number of amides is 1. The van der Waals surface area contributed by atoms with Gasteiger partial charge in [-0.15, -0.1) is 0 Å². The number of hydrogen-bond donors (Lipinski definition) is 0. The van der Waals surface area contributed by atoms with E-state index in [0.29, 0.717) is 18.2 Å². The van der Waals surface area contributed by atoms with E-state index in [1.54, 1.807) is 6.92 Å². The Kier molecular flexibility index (Phi) is 2.81. The minimum Gasteiger partial charge on any atom is -0.339 e. The normalized spacial score (nSPS) is 34.3. The van der Waals surface area contributed by atoms with Crippen LogP contribution in [0.25, 0.3) is 0 Å². The number of likely N-dealkylation sites (tertiary alicyclic amines) is 1. The van der Waals surface area contributed by atoms with E-state index in [1.807, 2.05) is 4.90 Å². The smallest absolute Gasteiger partial charge is 0.226 e. The zero-order chi connectivity index (χ0) is 11.0. The highest BCUT2D eigenvalue weighted by Gasteiger charge is 2.44. The van der Waals surface area contributed by atoms with Crippen LogP contribution in [0.1, 0.15) is 39.5 Å². The Hall–Kier alpha value is -0.860. The fourth-order valence-corrected chi connectivity index (χ4v) is 2.55. The Morgan fingerprint density at radius 1 is 1.40 bits per heavy atom. The second-order valence-electron chi connectivity index (χ2n) is 5.05. The van der Waals surface area contributed by atoms with Crippen molar-refractivity contribution in [3.63, 3.8) is 0 Å². The van der Waals surface area contributed by atoms with Crippen molar-refractivity contribution < 1.29 is 9.59 Å². The number of nitrogens with zero attached hydrogens (tertiary/aromatic N) is 1. The summed E-state index contributed by atoms with van der Waals surface area (Å²) >= 11 is 0. The summed E-state index contributed by atoms with van der Waals surface area (Å²) in [7, 11) is 0. The van der Waals surface area contributed by atoms with Gasteiger partial charge in [-0.2, -0.15) is 0 Å².